The van der Waals surface area contributed by atoms with Crippen LogP contribution in [0.1, 0.15) is 0 Å². The molecule has 8 aromatic carbocycles. The molecule has 1 aromatic heterocycles. The molecule has 0 spiro atoms. The van der Waals surface area contributed by atoms with Gasteiger partial charge in [0.2, 0.25) is 0 Å². The molecule has 0 atom stereocenters. The van der Waals surface area contributed by atoms with Gasteiger partial charge >= 0.3 is 0 Å². The molecule has 0 aliphatic carbocycles. The molecule has 0 aliphatic rings. The zero-order valence-corrected chi connectivity index (χ0v) is 28.6. The van der Waals surface area contributed by atoms with E-state index in [0.29, 0.717) is 32.7 Å². The van der Waals surface area contributed by atoms with Gasteiger partial charge in [0, 0.05) is 10.8 Å². The highest BCUT2D eigenvalue weighted by Gasteiger charge is 2.24. The highest BCUT2D eigenvalue weighted by molar-refractivity contribution is 6.71. The summed E-state index contributed by atoms with van der Waals surface area (Å²) in [5, 5.41) is 4.44. The van der Waals surface area contributed by atoms with Gasteiger partial charge in [0.15, 0.2) is 0 Å². The van der Waals surface area contributed by atoms with E-state index in [2.05, 4.69) is 54.6 Å². The molecule has 0 bridgehead atoms. The summed E-state index contributed by atoms with van der Waals surface area (Å²) >= 11 is 0. The second kappa shape index (κ2) is 12.6. The van der Waals surface area contributed by atoms with Crippen molar-refractivity contribution >= 4 is 150 Å². The molecule has 0 amide bonds. The molecule has 0 saturated carbocycles. The van der Waals surface area contributed by atoms with Crippen molar-refractivity contribution in [2.75, 3.05) is 0 Å². The molecule has 1 heterocycles. The Morgan fingerprint density at radius 1 is 0.283 bits per heavy atom. The van der Waals surface area contributed by atoms with E-state index in [0.717, 1.165) is 55.3 Å². The van der Waals surface area contributed by atoms with Gasteiger partial charge in [-0.3, -0.25) is 0 Å². The number of fused-ring (bicyclic) bond motifs is 5. The average molecular weight is 651 g/mol. The fourth-order valence-electron chi connectivity index (χ4n) is 7.72. The fraction of sp³-hybridized carbons (Fsp3) is 0. The van der Waals surface area contributed by atoms with Crippen LogP contribution in [0.5, 0.6) is 0 Å². The Labute approximate surface area is 318 Å². The fourth-order valence-corrected chi connectivity index (χ4v) is 7.72. The predicted octanol–water partition coefficient (Wildman–Crippen LogP) is 2.91. The summed E-state index contributed by atoms with van der Waals surface area (Å²) in [5.74, 6) is 0. The number of furan rings is 1. The summed E-state index contributed by atoms with van der Waals surface area (Å²) in [7, 11) is 53.5. The van der Waals surface area contributed by atoms with E-state index in [1.165, 1.54) is 0 Å². The lowest BCUT2D eigenvalue weighted by atomic mass is 9.59. The molecule has 53 heavy (non-hydrogen) atoms. The highest BCUT2D eigenvalue weighted by atomic mass is 16.3. The lowest BCUT2D eigenvalue weighted by Gasteiger charge is -2.28. The maximum absolute atomic E-state index is 6.87. The van der Waals surface area contributed by atoms with E-state index in [1.54, 1.807) is 0 Å². The number of hydrogen-bond donors (Lipinski definition) is 0. The van der Waals surface area contributed by atoms with E-state index in [1.807, 2.05) is 66.7 Å². The van der Waals surface area contributed by atoms with E-state index < -0.39 is 0 Å². The molecule has 9 aromatic rings. The third kappa shape index (κ3) is 5.12. The minimum atomic E-state index is 0.178. The first kappa shape index (κ1) is 33.4. The van der Waals surface area contributed by atoms with Crippen LogP contribution in [0.4, 0.5) is 0 Å². The third-order valence-corrected chi connectivity index (χ3v) is 10.5. The van der Waals surface area contributed by atoms with Gasteiger partial charge in [-0.15, -0.1) is 21.9 Å². The van der Waals surface area contributed by atoms with Crippen LogP contribution in [-0.4, -0.2) is 62.8 Å². The molecule has 0 N–H and O–H groups in total. The molecule has 9 rings (SSSR count). The standard InChI is InChI=1S/C44H20B8O/c45-37-33-31(23-9-5-2-6-10-23)34-36(40(48)44(52)42(50)38(34)46)32(35(33)39(47)43(51)41(37)49)24-13-11-22(12-14-24)25-16-18-29-28(19-25)27-17-15-26(20-30(27)53-29)21-7-3-1-4-8-21/h1-20H. The smallest absolute Gasteiger partial charge is 0.136 e. The lowest BCUT2D eigenvalue weighted by Crippen LogP contribution is -2.50. The van der Waals surface area contributed by atoms with Gasteiger partial charge < -0.3 is 4.42 Å². The highest BCUT2D eigenvalue weighted by Crippen LogP contribution is 2.41. The Morgan fingerprint density at radius 3 is 1.17 bits per heavy atom. The monoisotopic (exact) mass is 652 g/mol. The molecule has 16 radical (unpaired) electrons. The molecule has 1 nitrogen and oxygen atoms in total. The zero-order chi connectivity index (χ0) is 36.7. The molecule has 0 unspecified atom stereocenters. The van der Waals surface area contributed by atoms with Crippen LogP contribution >= 0.6 is 0 Å². The Bertz CT molecular complexity index is 2870. The second-order valence-corrected chi connectivity index (χ2v) is 13.4. The van der Waals surface area contributed by atoms with Crippen molar-refractivity contribution in [3.63, 3.8) is 0 Å². The van der Waals surface area contributed by atoms with Crippen LogP contribution in [0.3, 0.4) is 0 Å². The average Bonchev–Trinajstić information content (AvgIpc) is 3.57. The summed E-state index contributed by atoms with van der Waals surface area (Å²) < 4.78 is 6.30. The molecule has 0 aliphatic heterocycles. The normalized spacial score (nSPS) is 11.6. The summed E-state index contributed by atoms with van der Waals surface area (Å²) in [5.41, 5.74) is 10.7. The summed E-state index contributed by atoms with van der Waals surface area (Å²) in [6, 6.07) is 40.6. The van der Waals surface area contributed by atoms with Crippen molar-refractivity contribution in [1.29, 1.82) is 0 Å². The maximum Gasteiger partial charge on any atom is 0.136 e. The van der Waals surface area contributed by atoms with Gasteiger partial charge in [-0.1, -0.05) is 119 Å². The Kier molecular flexibility index (Phi) is 7.97. The molecule has 0 saturated heterocycles. The van der Waals surface area contributed by atoms with E-state index in [4.69, 9.17) is 67.2 Å². The summed E-state index contributed by atoms with van der Waals surface area (Å²) in [6.45, 7) is 0. The van der Waals surface area contributed by atoms with Gasteiger partial charge in [-0.2, -0.15) is 0 Å². The van der Waals surface area contributed by atoms with Crippen LogP contribution in [-0.2, 0) is 0 Å². The van der Waals surface area contributed by atoms with Gasteiger partial charge in [0.05, 0.1) is 0 Å². The van der Waals surface area contributed by atoms with Crippen molar-refractivity contribution in [2.24, 2.45) is 0 Å². The quantitative estimate of drug-likeness (QED) is 0.211. The second-order valence-electron chi connectivity index (χ2n) is 13.4. The largest absolute Gasteiger partial charge is 0.456 e. The first-order valence-electron chi connectivity index (χ1n) is 17.1. The first-order valence-corrected chi connectivity index (χ1v) is 17.1. The Hall–Kier alpha value is -5.40. The van der Waals surface area contributed by atoms with Crippen molar-refractivity contribution in [3.8, 4) is 44.5 Å². The molecular formula is C44H20B8O. The molecule has 0 fully saturated rings. The lowest BCUT2D eigenvalue weighted by molar-refractivity contribution is 0.669. The Balaban J connectivity index is 1.27. The minimum absolute atomic E-state index is 0.178. The predicted molar refractivity (Wildman–Crippen MR) is 234 cm³/mol. The molecule has 9 heteroatoms. The number of hydrogen-bond acceptors (Lipinski definition) is 1. The number of benzene rings is 8. The van der Waals surface area contributed by atoms with Gasteiger partial charge in [-0.05, 0) is 90.3 Å². The van der Waals surface area contributed by atoms with E-state index in [-0.39, 0.29) is 43.7 Å². The third-order valence-electron chi connectivity index (χ3n) is 10.5. The van der Waals surface area contributed by atoms with Gasteiger partial charge in [0.25, 0.3) is 0 Å². The SMILES string of the molecule is [B]c1c([B])c([B])c2c(-c3ccc(-c4ccc5oc6cc(-c7ccccc7)ccc6c5c4)cc3)c3c([B])c([B])c([B])c([B])c3c(-c3ccccc3)c2c1[B]. The van der Waals surface area contributed by atoms with Crippen molar-refractivity contribution < 1.29 is 4.42 Å². The van der Waals surface area contributed by atoms with Crippen LogP contribution in [0, 0.1) is 0 Å². The summed E-state index contributed by atoms with van der Waals surface area (Å²) in [4.78, 5) is 0. The van der Waals surface area contributed by atoms with Gasteiger partial charge in [-0.25, -0.2) is 0 Å². The van der Waals surface area contributed by atoms with Crippen molar-refractivity contribution in [3.05, 3.63) is 121 Å². The first-order chi connectivity index (χ1) is 25.6. The number of rotatable bonds is 4. The maximum atomic E-state index is 6.87. The van der Waals surface area contributed by atoms with Crippen LogP contribution in [0.15, 0.2) is 126 Å². The van der Waals surface area contributed by atoms with Crippen molar-refractivity contribution in [2.45, 2.75) is 0 Å². The minimum Gasteiger partial charge on any atom is -0.456 e. The van der Waals surface area contributed by atoms with E-state index in [9.17, 15) is 0 Å². The summed E-state index contributed by atoms with van der Waals surface area (Å²) in [6.07, 6.45) is 0. The van der Waals surface area contributed by atoms with E-state index >= 15 is 0 Å². The van der Waals surface area contributed by atoms with Crippen LogP contribution in [0.2, 0.25) is 0 Å². The van der Waals surface area contributed by atoms with Crippen LogP contribution < -0.4 is 43.7 Å². The van der Waals surface area contributed by atoms with Crippen LogP contribution in [0.25, 0.3) is 88.0 Å². The molecule has 226 valence electrons. The topological polar surface area (TPSA) is 13.1 Å². The molecular weight excluding hydrogens is 631 g/mol. The van der Waals surface area contributed by atoms with Crippen molar-refractivity contribution in [1.82, 2.24) is 0 Å². The van der Waals surface area contributed by atoms with Gasteiger partial charge in [0.1, 0.15) is 73.9 Å². The Morgan fingerprint density at radius 2 is 0.660 bits per heavy atom. The zero-order valence-electron chi connectivity index (χ0n) is 28.6.